The lowest BCUT2D eigenvalue weighted by Gasteiger charge is -2.22. The fourth-order valence-electron chi connectivity index (χ4n) is 4.44. The average Bonchev–Trinajstić information content (AvgIpc) is 3.50. The Balaban J connectivity index is 1.29. The topological polar surface area (TPSA) is 62.3 Å². The second kappa shape index (κ2) is 8.51. The summed E-state index contributed by atoms with van der Waals surface area (Å²) in [6, 6.07) is 16.5. The van der Waals surface area contributed by atoms with Gasteiger partial charge in [-0.05, 0) is 62.8 Å². The lowest BCUT2D eigenvalue weighted by molar-refractivity contribution is -0.120. The molecule has 1 saturated carbocycles. The van der Waals surface area contributed by atoms with Crippen molar-refractivity contribution in [1.82, 2.24) is 4.98 Å². The molecule has 32 heavy (non-hydrogen) atoms. The maximum Gasteiger partial charge on any atom is 0.230 e. The van der Waals surface area contributed by atoms with Gasteiger partial charge in [-0.1, -0.05) is 36.4 Å². The molecule has 1 aliphatic heterocycles. The summed E-state index contributed by atoms with van der Waals surface area (Å²) in [6.45, 7) is 4.16. The quantitative estimate of drug-likeness (QED) is 0.554. The first-order valence-electron chi connectivity index (χ1n) is 11.3. The molecule has 2 aliphatic rings. The number of benzene rings is 2. The molecule has 2 aromatic carbocycles. The van der Waals surface area contributed by atoms with Crippen LogP contribution in [-0.2, 0) is 22.4 Å². The van der Waals surface area contributed by atoms with Crippen molar-refractivity contribution in [2.75, 3.05) is 10.2 Å². The van der Waals surface area contributed by atoms with Gasteiger partial charge in [0.15, 0.2) is 5.13 Å². The van der Waals surface area contributed by atoms with E-state index >= 15 is 0 Å². The van der Waals surface area contributed by atoms with Gasteiger partial charge in [-0.15, -0.1) is 11.3 Å². The highest BCUT2D eigenvalue weighted by molar-refractivity contribution is 7.16. The molecule has 5 rings (SSSR count). The number of amides is 2. The third-order valence-corrected chi connectivity index (χ3v) is 7.15. The molecule has 0 saturated heterocycles. The summed E-state index contributed by atoms with van der Waals surface area (Å²) in [5.41, 5.74) is 5.33. The van der Waals surface area contributed by atoms with E-state index in [1.54, 1.807) is 0 Å². The molecule has 1 N–H and O–H groups in total. The van der Waals surface area contributed by atoms with Gasteiger partial charge in [0.05, 0.1) is 5.69 Å². The van der Waals surface area contributed by atoms with Gasteiger partial charge in [-0.2, -0.15) is 0 Å². The lowest BCUT2D eigenvalue weighted by atomic mass is 10.0. The molecule has 3 aromatic rings. The van der Waals surface area contributed by atoms with Crippen LogP contribution in [0.5, 0.6) is 0 Å². The van der Waals surface area contributed by atoms with Gasteiger partial charge in [0, 0.05) is 34.5 Å². The Kier molecular flexibility index (Phi) is 5.55. The van der Waals surface area contributed by atoms with Crippen LogP contribution in [0, 0.1) is 12.8 Å². The molecular formula is C26H27N3O2S. The maximum absolute atomic E-state index is 12.7. The van der Waals surface area contributed by atoms with Crippen LogP contribution < -0.4 is 10.2 Å². The number of carbonyl (C=O) groups excluding carboxylic acids is 2. The van der Waals surface area contributed by atoms with Crippen LogP contribution in [0.1, 0.15) is 42.2 Å². The summed E-state index contributed by atoms with van der Waals surface area (Å²) >= 11 is 1.50. The largest absolute Gasteiger partial charge is 0.309 e. The molecule has 164 valence electrons. The van der Waals surface area contributed by atoms with E-state index in [-0.39, 0.29) is 23.8 Å². The number of nitrogens with one attached hydrogen (secondary N) is 1. The predicted molar refractivity (Wildman–Crippen MR) is 129 cm³/mol. The van der Waals surface area contributed by atoms with Gasteiger partial charge in [0.1, 0.15) is 0 Å². The molecule has 1 atom stereocenters. The maximum atomic E-state index is 12.7. The third kappa shape index (κ3) is 4.19. The van der Waals surface area contributed by atoms with E-state index < -0.39 is 0 Å². The first-order valence-corrected chi connectivity index (χ1v) is 12.1. The Morgan fingerprint density at radius 2 is 1.94 bits per heavy atom. The van der Waals surface area contributed by atoms with Crippen LogP contribution in [0.25, 0.3) is 11.3 Å². The van der Waals surface area contributed by atoms with Gasteiger partial charge < -0.3 is 10.2 Å². The molecule has 1 fully saturated rings. The summed E-state index contributed by atoms with van der Waals surface area (Å²) < 4.78 is 0. The summed E-state index contributed by atoms with van der Waals surface area (Å²) in [4.78, 5) is 32.9. The summed E-state index contributed by atoms with van der Waals surface area (Å²) in [6.07, 6.45) is 4.05. The number of nitrogens with zero attached hydrogens (tertiary/aromatic N) is 2. The Morgan fingerprint density at radius 3 is 2.69 bits per heavy atom. The highest BCUT2D eigenvalue weighted by Crippen LogP contribution is 2.41. The minimum Gasteiger partial charge on any atom is -0.309 e. The van der Waals surface area contributed by atoms with Crippen molar-refractivity contribution in [2.45, 2.75) is 52.0 Å². The Morgan fingerprint density at radius 1 is 1.16 bits per heavy atom. The Bertz CT molecular complexity index is 1170. The number of thiazole rings is 1. The van der Waals surface area contributed by atoms with Gasteiger partial charge in [0.2, 0.25) is 11.8 Å². The zero-order valence-corrected chi connectivity index (χ0v) is 19.2. The van der Waals surface area contributed by atoms with E-state index in [2.05, 4.69) is 24.4 Å². The van der Waals surface area contributed by atoms with Crippen LogP contribution >= 0.6 is 11.3 Å². The lowest BCUT2D eigenvalue weighted by Crippen LogP contribution is -2.36. The predicted octanol–water partition coefficient (Wildman–Crippen LogP) is 5.38. The molecule has 0 bridgehead atoms. The van der Waals surface area contributed by atoms with Gasteiger partial charge in [0.25, 0.3) is 0 Å². The van der Waals surface area contributed by atoms with Gasteiger partial charge >= 0.3 is 0 Å². The molecule has 0 spiro atoms. The van der Waals surface area contributed by atoms with Crippen molar-refractivity contribution in [3.63, 3.8) is 0 Å². The van der Waals surface area contributed by atoms with Gasteiger partial charge in [-0.3, -0.25) is 9.59 Å². The summed E-state index contributed by atoms with van der Waals surface area (Å²) in [5.74, 6) is 0.470. The van der Waals surface area contributed by atoms with E-state index in [9.17, 15) is 9.59 Å². The van der Waals surface area contributed by atoms with Crippen molar-refractivity contribution in [2.24, 2.45) is 5.92 Å². The fourth-order valence-corrected chi connectivity index (χ4v) is 5.30. The van der Waals surface area contributed by atoms with E-state index in [0.29, 0.717) is 18.0 Å². The molecule has 2 heterocycles. The zero-order chi connectivity index (χ0) is 22.2. The molecule has 1 unspecified atom stereocenters. The van der Waals surface area contributed by atoms with Crippen molar-refractivity contribution < 1.29 is 9.59 Å². The molecule has 1 aliphatic carbocycles. The highest BCUT2D eigenvalue weighted by Gasteiger charge is 2.39. The van der Waals surface area contributed by atoms with E-state index in [1.165, 1.54) is 16.9 Å². The molecule has 6 heteroatoms. The minimum atomic E-state index is -0.0221. The van der Waals surface area contributed by atoms with E-state index in [4.69, 9.17) is 4.98 Å². The highest BCUT2D eigenvalue weighted by atomic mass is 32.1. The monoisotopic (exact) mass is 445 g/mol. The van der Waals surface area contributed by atoms with Crippen LogP contribution in [-0.4, -0.2) is 22.8 Å². The smallest absolute Gasteiger partial charge is 0.230 e. The molecule has 2 amide bonds. The van der Waals surface area contributed by atoms with Crippen LogP contribution in [0.2, 0.25) is 0 Å². The Labute approximate surface area is 192 Å². The zero-order valence-electron chi connectivity index (χ0n) is 18.4. The SMILES string of the molecule is Cc1sc(NC(=O)CCc2ccccc2)nc1-c1ccc2c(c1)CC(C)N2C(=O)C1CC1. The number of hydrogen-bond acceptors (Lipinski definition) is 4. The number of fused-ring (bicyclic) bond motifs is 1. The molecular weight excluding hydrogens is 418 g/mol. The number of rotatable bonds is 6. The molecule has 5 nitrogen and oxygen atoms in total. The summed E-state index contributed by atoms with van der Waals surface area (Å²) in [7, 11) is 0. The number of hydrogen-bond donors (Lipinski definition) is 1. The number of aromatic nitrogens is 1. The van der Waals surface area contributed by atoms with E-state index in [0.717, 1.165) is 46.6 Å². The molecule has 1 aromatic heterocycles. The van der Waals surface area contributed by atoms with Crippen molar-refractivity contribution in [1.29, 1.82) is 0 Å². The van der Waals surface area contributed by atoms with Crippen LogP contribution in [0.4, 0.5) is 10.8 Å². The number of carbonyl (C=O) groups is 2. The minimum absolute atomic E-state index is 0.0221. The number of anilines is 2. The van der Waals surface area contributed by atoms with Crippen molar-refractivity contribution in [3.8, 4) is 11.3 Å². The Hall–Kier alpha value is -2.99. The second-order valence-electron chi connectivity index (χ2n) is 8.84. The number of aryl methyl sites for hydroxylation is 2. The summed E-state index contributed by atoms with van der Waals surface area (Å²) in [5, 5.41) is 3.59. The normalized spacial score (nSPS) is 17.3. The van der Waals surface area contributed by atoms with E-state index in [1.807, 2.05) is 48.2 Å². The van der Waals surface area contributed by atoms with Crippen LogP contribution in [0.3, 0.4) is 0 Å². The van der Waals surface area contributed by atoms with Crippen molar-refractivity contribution in [3.05, 3.63) is 64.5 Å². The first-order chi connectivity index (χ1) is 15.5. The van der Waals surface area contributed by atoms with Crippen molar-refractivity contribution >= 4 is 34.0 Å². The fraction of sp³-hybridized carbons (Fsp3) is 0.346. The van der Waals surface area contributed by atoms with Crippen LogP contribution in [0.15, 0.2) is 48.5 Å². The third-order valence-electron chi connectivity index (χ3n) is 6.26. The van der Waals surface area contributed by atoms with Gasteiger partial charge in [-0.25, -0.2) is 4.98 Å². The standard InChI is InChI=1S/C26H27N3O2S/c1-16-14-21-15-20(11-12-22(21)29(16)25(31)19-9-10-19)24-17(2)32-26(28-24)27-23(30)13-8-18-6-4-3-5-7-18/h3-7,11-12,15-16,19H,8-10,13-14H2,1-2H3,(H,27,28,30). The second-order valence-corrected chi connectivity index (χ2v) is 10.0. The average molecular weight is 446 g/mol. The first kappa shape index (κ1) is 20.9. The molecule has 0 radical (unpaired) electrons.